The molecule has 0 bridgehead atoms. The lowest BCUT2D eigenvalue weighted by atomic mass is 10.1. The van der Waals surface area contributed by atoms with Gasteiger partial charge in [-0.05, 0) is 24.3 Å². The SMILES string of the molecule is CCS(=O)(=O)c1ccc(C(=O)NCC2CNCC2O)cc1. The highest BCUT2D eigenvalue weighted by Gasteiger charge is 2.25. The van der Waals surface area contributed by atoms with Crippen LogP contribution in [0.5, 0.6) is 0 Å². The van der Waals surface area contributed by atoms with E-state index in [2.05, 4.69) is 10.6 Å². The van der Waals surface area contributed by atoms with Crippen molar-refractivity contribution in [3.05, 3.63) is 29.8 Å². The van der Waals surface area contributed by atoms with Crippen LogP contribution in [0.1, 0.15) is 17.3 Å². The van der Waals surface area contributed by atoms with Gasteiger partial charge >= 0.3 is 0 Å². The van der Waals surface area contributed by atoms with E-state index in [9.17, 15) is 18.3 Å². The molecule has 1 heterocycles. The van der Waals surface area contributed by atoms with E-state index in [-0.39, 0.29) is 22.5 Å². The summed E-state index contributed by atoms with van der Waals surface area (Å²) < 4.78 is 23.4. The Kier molecular flexibility index (Phi) is 4.97. The number of carbonyl (C=O) groups is 1. The molecular formula is C14H20N2O4S. The lowest BCUT2D eigenvalue weighted by molar-refractivity contribution is 0.0927. The Morgan fingerprint density at radius 3 is 2.52 bits per heavy atom. The van der Waals surface area contributed by atoms with Gasteiger partial charge in [0.05, 0.1) is 16.8 Å². The van der Waals surface area contributed by atoms with E-state index in [1.54, 1.807) is 6.92 Å². The monoisotopic (exact) mass is 312 g/mol. The summed E-state index contributed by atoms with van der Waals surface area (Å²) in [5.41, 5.74) is 0.408. The fraction of sp³-hybridized carbons (Fsp3) is 0.500. The van der Waals surface area contributed by atoms with Gasteiger partial charge < -0.3 is 15.7 Å². The van der Waals surface area contributed by atoms with E-state index >= 15 is 0 Å². The summed E-state index contributed by atoms with van der Waals surface area (Å²) in [5, 5.41) is 15.4. The molecule has 0 radical (unpaired) electrons. The van der Waals surface area contributed by atoms with Crippen LogP contribution in [0.25, 0.3) is 0 Å². The number of hydrogen-bond donors (Lipinski definition) is 3. The summed E-state index contributed by atoms with van der Waals surface area (Å²) in [6.07, 6.45) is -0.442. The molecule has 6 nitrogen and oxygen atoms in total. The molecule has 2 rings (SSSR count). The minimum Gasteiger partial charge on any atom is -0.391 e. The number of amides is 1. The molecule has 7 heteroatoms. The van der Waals surface area contributed by atoms with Crippen molar-refractivity contribution in [2.24, 2.45) is 5.92 Å². The van der Waals surface area contributed by atoms with Crippen molar-refractivity contribution in [2.75, 3.05) is 25.4 Å². The normalized spacial score (nSPS) is 22.2. The summed E-state index contributed by atoms with van der Waals surface area (Å²) in [4.78, 5) is 12.2. The average Bonchev–Trinajstić information content (AvgIpc) is 2.90. The average molecular weight is 312 g/mol. The molecule has 2 unspecified atom stereocenters. The smallest absolute Gasteiger partial charge is 0.251 e. The predicted molar refractivity (Wildman–Crippen MR) is 78.9 cm³/mol. The number of sulfone groups is 1. The van der Waals surface area contributed by atoms with Crippen molar-refractivity contribution in [1.29, 1.82) is 0 Å². The van der Waals surface area contributed by atoms with Gasteiger partial charge in [-0.15, -0.1) is 0 Å². The van der Waals surface area contributed by atoms with Gasteiger partial charge in [0.2, 0.25) is 0 Å². The van der Waals surface area contributed by atoms with Crippen molar-refractivity contribution < 1.29 is 18.3 Å². The lowest BCUT2D eigenvalue weighted by Crippen LogP contribution is -2.34. The predicted octanol–water partition coefficient (Wildman–Crippen LogP) is -0.210. The molecule has 1 aliphatic heterocycles. The third-order valence-electron chi connectivity index (χ3n) is 3.68. The van der Waals surface area contributed by atoms with Crippen molar-refractivity contribution in [3.8, 4) is 0 Å². The zero-order chi connectivity index (χ0) is 15.5. The number of nitrogens with one attached hydrogen (secondary N) is 2. The van der Waals surface area contributed by atoms with Crippen molar-refractivity contribution >= 4 is 15.7 Å². The van der Waals surface area contributed by atoms with Crippen LogP contribution < -0.4 is 10.6 Å². The second-order valence-electron chi connectivity index (χ2n) is 5.12. The van der Waals surface area contributed by atoms with E-state index < -0.39 is 15.9 Å². The summed E-state index contributed by atoms with van der Waals surface area (Å²) in [5.74, 6) is -0.228. The lowest BCUT2D eigenvalue weighted by Gasteiger charge is -2.14. The van der Waals surface area contributed by atoms with Gasteiger partial charge in [0, 0.05) is 31.1 Å². The molecule has 1 aromatic rings. The van der Waals surface area contributed by atoms with Crippen LogP contribution in [0.15, 0.2) is 29.2 Å². The van der Waals surface area contributed by atoms with Gasteiger partial charge in [0.15, 0.2) is 9.84 Å². The number of aliphatic hydroxyl groups excluding tert-OH is 1. The zero-order valence-electron chi connectivity index (χ0n) is 11.9. The molecule has 0 saturated carbocycles. The summed E-state index contributed by atoms with van der Waals surface area (Å²) in [6.45, 7) is 3.19. The highest BCUT2D eigenvalue weighted by molar-refractivity contribution is 7.91. The molecule has 1 saturated heterocycles. The Balaban J connectivity index is 1.97. The Morgan fingerprint density at radius 1 is 1.33 bits per heavy atom. The Bertz CT molecular complexity index is 598. The largest absolute Gasteiger partial charge is 0.391 e. The number of benzene rings is 1. The summed E-state index contributed by atoms with van der Waals surface area (Å²) >= 11 is 0. The minimum absolute atomic E-state index is 0.00805. The summed E-state index contributed by atoms with van der Waals surface area (Å²) in [6, 6.07) is 5.89. The second kappa shape index (κ2) is 6.55. The van der Waals surface area contributed by atoms with Crippen molar-refractivity contribution in [1.82, 2.24) is 10.6 Å². The first-order chi connectivity index (χ1) is 9.94. The van der Waals surface area contributed by atoms with E-state index in [0.29, 0.717) is 25.2 Å². The van der Waals surface area contributed by atoms with Crippen LogP contribution in [0.2, 0.25) is 0 Å². The van der Waals surface area contributed by atoms with E-state index in [0.717, 1.165) is 0 Å². The van der Waals surface area contributed by atoms with Gasteiger partial charge in [-0.3, -0.25) is 4.79 Å². The molecule has 3 N–H and O–H groups in total. The third kappa shape index (κ3) is 3.81. The molecule has 21 heavy (non-hydrogen) atoms. The standard InChI is InChI=1S/C14H20N2O4S/c1-2-21(19,20)12-5-3-10(4-6-12)14(18)16-8-11-7-15-9-13(11)17/h3-6,11,13,15,17H,2,7-9H2,1H3,(H,16,18). The molecule has 0 aromatic heterocycles. The molecule has 1 aliphatic rings. The number of rotatable bonds is 5. The maximum atomic E-state index is 12.0. The third-order valence-corrected chi connectivity index (χ3v) is 5.44. The van der Waals surface area contributed by atoms with E-state index in [4.69, 9.17) is 0 Å². The minimum atomic E-state index is -3.25. The number of carbonyl (C=O) groups excluding carboxylic acids is 1. The van der Waals surface area contributed by atoms with E-state index in [1.807, 2.05) is 0 Å². The van der Waals surface area contributed by atoms with Crippen LogP contribution >= 0.6 is 0 Å². The number of hydrogen-bond acceptors (Lipinski definition) is 5. The van der Waals surface area contributed by atoms with Gasteiger partial charge in [-0.25, -0.2) is 8.42 Å². The highest BCUT2D eigenvalue weighted by Crippen LogP contribution is 2.13. The van der Waals surface area contributed by atoms with Gasteiger partial charge in [0.1, 0.15) is 0 Å². The molecule has 0 spiro atoms. The first-order valence-electron chi connectivity index (χ1n) is 6.94. The number of β-amino-alcohol motifs (C(OH)–C–C–N with tert-alkyl or cyclic N) is 1. The quantitative estimate of drug-likeness (QED) is 0.699. The van der Waals surface area contributed by atoms with Crippen LogP contribution in [-0.4, -0.2) is 50.9 Å². The molecule has 116 valence electrons. The van der Waals surface area contributed by atoms with Crippen LogP contribution in [0, 0.1) is 5.92 Å². The summed E-state index contributed by atoms with van der Waals surface area (Å²) in [7, 11) is -3.25. The van der Waals surface area contributed by atoms with Crippen LogP contribution in [-0.2, 0) is 9.84 Å². The molecular weight excluding hydrogens is 292 g/mol. The van der Waals surface area contributed by atoms with Crippen LogP contribution in [0.3, 0.4) is 0 Å². The fourth-order valence-electron chi connectivity index (χ4n) is 2.23. The molecule has 1 fully saturated rings. The Morgan fingerprint density at radius 2 is 2.00 bits per heavy atom. The topological polar surface area (TPSA) is 95.5 Å². The Hall–Kier alpha value is -1.44. The first-order valence-corrected chi connectivity index (χ1v) is 8.59. The van der Waals surface area contributed by atoms with Gasteiger partial charge in [0.25, 0.3) is 5.91 Å². The molecule has 0 aliphatic carbocycles. The van der Waals surface area contributed by atoms with E-state index in [1.165, 1.54) is 24.3 Å². The highest BCUT2D eigenvalue weighted by atomic mass is 32.2. The van der Waals surface area contributed by atoms with Crippen molar-refractivity contribution in [2.45, 2.75) is 17.9 Å². The van der Waals surface area contributed by atoms with Crippen LogP contribution in [0.4, 0.5) is 0 Å². The van der Waals surface area contributed by atoms with Gasteiger partial charge in [-0.2, -0.15) is 0 Å². The molecule has 2 atom stereocenters. The maximum Gasteiger partial charge on any atom is 0.251 e. The van der Waals surface area contributed by atoms with Crippen molar-refractivity contribution in [3.63, 3.8) is 0 Å². The maximum absolute atomic E-state index is 12.0. The fourth-order valence-corrected chi connectivity index (χ4v) is 3.12. The first kappa shape index (κ1) is 15.9. The molecule has 1 amide bonds. The number of aliphatic hydroxyl groups is 1. The Labute approximate surface area is 124 Å². The zero-order valence-corrected chi connectivity index (χ0v) is 12.7. The van der Waals surface area contributed by atoms with Gasteiger partial charge in [-0.1, -0.05) is 6.92 Å². The second-order valence-corrected chi connectivity index (χ2v) is 7.40. The molecule has 1 aromatic carbocycles.